The molecular weight excluding hydrogens is 361 g/mol. The molecule has 0 aromatic heterocycles. The molecule has 2 heterocycles. The Bertz CT molecular complexity index is 136. The molecule has 0 spiro atoms. The van der Waals surface area contributed by atoms with Crippen LogP contribution in [0.15, 0.2) is 0 Å². The van der Waals surface area contributed by atoms with E-state index in [-0.39, 0.29) is 114 Å². The average Bonchev–Trinajstić information content (AvgIpc) is 1.81. The van der Waals surface area contributed by atoms with Crippen LogP contribution in [0.3, 0.4) is 0 Å². The van der Waals surface area contributed by atoms with Crippen molar-refractivity contribution in [3.8, 4) is 0 Å². The largest absolute Gasteiger partial charge is 1.00 e. The average molecular weight is 381 g/mol. The van der Waals surface area contributed by atoms with Crippen LogP contribution in [0.1, 0.15) is 0 Å². The second-order valence-electron chi connectivity index (χ2n) is 1.84. The predicted molar refractivity (Wildman–Crippen MR) is 64.6 cm³/mol. The summed E-state index contributed by atoms with van der Waals surface area (Å²) in [6, 6.07) is 0. The maximum absolute atomic E-state index is 10.1. The minimum Gasteiger partial charge on any atom is -0.833 e. The Balaban J connectivity index is -0.0000000133. The number of hydrogen-bond acceptors (Lipinski definition) is 7. The zero-order valence-corrected chi connectivity index (χ0v) is 16.2. The molecular formula is H20B4Na2O17. The van der Waals surface area contributed by atoms with Crippen molar-refractivity contribution in [3.05, 3.63) is 0 Å². The molecule has 20 N–H and O–H groups in total. The molecule has 0 radical (unpaired) electrons. The van der Waals surface area contributed by atoms with Gasteiger partial charge in [-0.3, -0.25) is 0 Å². The minimum absolute atomic E-state index is 0. The van der Waals surface area contributed by atoms with Crippen molar-refractivity contribution in [3.63, 3.8) is 0 Å². The van der Waals surface area contributed by atoms with E-state index >= 15 is 0 Å². The first-order valence-electron chi connectivity index (χ1n) is 2.83. The van der Waals surface area contributed by atoms with Crippen LogP contribution in [-0.4, -0.2) is 84.0 Å². The first-order chi connectivity index (χ1) is 5.24. The second-order valence-corrected chi connectivity index (χ2v) is 1.84. The maximum atomic E-state index is 10.1. The van der Waals surface area contributed by atoms with Crippen molar-refractivity contribution in [1.82, 2.24) is 0 Å². The van der Waals surface area contributed by atoms with Gasteiger partial charge in [0.15, 0.2) is 0 Å². The first kappa shape index (κ1) is 74.1. The summed E-state index contributed by atoms with van der Waals surface area (Å²) in [4.78, 5) is 0. The van der Waals surface area contributed by atoms with Gasteiger partial charge in [-0.1, -0.05) is 0 Å². The van der Waals surface area contributed by atoms with Gasteiger partial charge in [0, 0.05) is 0 Å². The Morgan fingerprint density at radius 2 is 0.652 bits per heavy atom. The number of hydrogen-bond donors (Lipinski definition) is 0. The fourth-order valence-corrected chi connectivity index (χ4v) is 0.602. The zero-order valence-electron chi connectivity index (χ0n) is 12.2. The van der Waals surface area contributed by atoms with Crippen molar-refractivity contribution in [1.29, 1.82) is 0 Å². The molecule has 2 aliphatic heterocycles. The van der Waals surface area contributed by atoms with Crippen molar-refractivity contribution in [2.45, 2.75) is 0 Å². The Kier molecular flexibility index (Phi) is 112. The maximum Gasteiger partial charge on any atom is 1.00 e. The van der Waals surface area contributed by atoms with Crippen LogP contribution in [0.2, 0.25) is 0 Å². The minimum atomic E-state index is -1.51. The van der Waals surface area contributed by atoms with Gasteiger partial charge < -0.3 is 87.7 Å². The van der Waals surface area contributed by atoms with Gasteiger partial charge in [0.05, 0.1) is 0 Å². The van der Waals surface area contributed by atoms with Gasteiger partial charge in [0.1, 0.15) is 0 Å². The van der Waals surface area contributed by atoms with E-state index in [1.165, 1.54) is 0 Å². The summed E-state index contributed by atoms with van der Waals surface area (Å²) in [5.41, 5.74) is 0. The fraction of sp³-hybridized carbons (Fsp3) is 0. The van der Waals surface area contributed by atoms with E-state index in [1.54, 1.807) is 0 Å². The predicted octanol–water partition coefficient (Wildman–Crippen LogP) is -18.5. The molecule has 136 valence electrons. The molecule has 2 saturated heterocycles. The van der Waals surface area contributed by atoms with Crippen molar-refractivity contribution in [2.75, 3.05) is 0 Å². The number of rotatable bonds is 2. The van der Waals surface area contributed by atoms with Gasteiger partial charge in [-0.15, -0.1) is 0 Å². The van der Waals surface area contributed by atoms with Crippen LogP contribution in [0, 0.1) is 0 Å². The van der Waals surface area contributed by atoms with E-state index < -0.39 is 29.3 Å². The molecule has 0 unspecified atom stereocenters. The first-order valence-corrected chi connectivity index (χ1v) is 2.83. The molecule has 0 bridgehead atoms. The standard InChI is InChI=1S/B4O7.2Na.10H2O/c5-1-7-3(8-1)11-4-9-2(6)10-4;;;;;;;;;;;;/h;;;10*1H2/q-2;2*+1;;;;;;;;;;. The molecule has 23 heavy (non-hydrogen) atoms. The van der Waals surface area contributed by atoms with Crippen LogP contribution in [-0.2, 0) is 22.9 Å². The van der Waals surface area contributed by atoms with E-state index in [4.69, 9.17) is 0 Å². The fourth-order valence-electron chi connectivity index (χ4n) is 0.602. The topological polar surface area (TPSA) is 407 Å². The zero-order chi connectivity index (χ0) is 7.84. The van der Waals surface area contributed by atoms with Crippen LogP contribution >= 0.6 is 0 Å². The normalized spacial score (nSPS) is 11.2. The smallest absolute Gasteiger partial charge is 0.833 e. The van der Waals surface area contributed by atoms with Crippen LogP contribution in [0.4, 0.5) is 0 Å². The molecule has 2 aliphatic rings. The van der Waals surface area contributed by atoms with Crippen LogP contribution < -0.4 is 69.2 Å². The molecule has 0 atom stereocenters. The van der Waals surface area contributed by atoms with Gasteiger partial charge in [0.25, 0.3) is 0 Å². The quantitative estimate of drug-likeness (QED) is 0.414. The summed E-state index contributed by atoms with van der Waals surface area (Å²) in [6.07, 6.45) is 0. The summed E-state index contributed by atoms with van der Waals surface area (Å²) in [6.45, 7) is 0. The molecule has 0 aromatic carbocycles. The summed E-state index contributed by atoms with van der Waals surface area (Å²) in [5.74, 6) is 0. The van der Waals surface area contributed by atoms with E-state index in [9.17, 15) is 10.0 Å². The van der Waals surface area contributed by atoms with Crippen molar-refractivity contribution >= 4 is 29.3 Å². The van der Waals surface area contributed by atoms with Gasteiger partial charge in [-0.25, -0.2) is 0 Å². The van der Waals surface area contributed by atoms with E-state index in [0.29, 0.717) is 0 Å². The third kappa shape index (κ3) is 23.6. The van der Waals surface area contributed by atoms with E-state index in [0.717, 1.165) is 0 Å². The SMILES string of the molecule is O.O.O.O.O.O.O.O.O.O.[Na+].[Na+].[O-]B1OB(OB2OB([O-])O2)O1. The van der Waals surface area contributed by atoms with Crippen molar-refractivity contribution in [2.24, 2.45) is 0 Å². The Hall–Kier alpha value is 1.58. The molecule has 0 amide bonds. The third-order valence-corrected chi connectivity index (χ3v) is 1.11. The van der Waals surface area contributed by atoms with Crippen LogP contribution in [0.25, 0.3) is 0 Å². The monoisotopic (exact) mass is 382 g/mol. The summed E-state index contributed by atoms with van der Waals surface area (Å²) in [7, 11) is -5.17. The van der Waals surface area contributed by atoms with Crippen molar-refractivity contribution < 1.29 is 147 Å². The molecule has 17 nitrogen and oxygen atoms in total. The van der Waals surface area contributed by atoms with Gasteiger partial charge in [0.2, 0.25) is 0 Å². The van der Waals surface area contributed by atoms with E-state index in [2.05, 4.69) is 22.9 Å². The third-order valence-electron chi connectivity index (χ3n) is 1.11. The molecule has 0 aliphatic carbocycles. The van der Waals surface area contributed by atoms with Crippen LogP contribution in [0.5, 0.6) is 0 Å². The summed E-state index contributed by atoms with van der Waals surface area (Å²) >= 11 is 0. The molecule has 2 fully saturated rings. The summed E-state index contributed by atoms with van der Waals surface area (Å²) in [5, 5.41) is 20.2. The van der Waals surface area contributed by atoms with Gasteiger partial charge in [-0.2, -0.15) is 0 Å². The summed E-state index contributed by atoms with van der Waals surface area (Å²) < 4.78 is 21.8. The molecule has 23 heteroatoms. The van der Waals surface area contributed by atoms with Gasteiger partial charge >= 0.3 is 88.4 Å². The Labute approximate surface area is 175 Å². The molecule has 0 aromatic rings. The molecule has 2 rings (SSSR count). The Morgan fingerprint density at radius 3 is 0.783 bits per heavy atom. The second kappa shape index (κ2) is 34.8. The van der Waals surface area contributed by atoms with Gasteiger partial charge in [-0.05, 0) is 0 Å². The Morgan fingerprint density at radius 1 is 0.478 bits per heavy atom. The van der Waals surface area contributed by atoms with E-state index in [1.807, 2.05) is 0 Å². The molecule has 0 saturated carbocycles.